The Hall–Kier alpha value is -3.81. The molecule has 2 aliphatic heterocycles. The van der Waals surface area contributed by atoms with Crippen molar-refractivity contribution >= 4 is 34.5 Å². The van der Waals surface area contributed by atoms with E-state index in [2.05, 4.69) is 11.4 Å². The van der Waals surface area contributed by atoms with E-state index in [1.54, 1.807) is 23.1 Å². The molecule has 1 N–H and O–H groups in total. The Morgan fingerprint density at radius 2 is 1.94 bits per heavy atom. The van der Waals surface area contributed by atoms with Gasteiger partial charge in [0.1, 0.15) is 19.3 Å². The van der Waals surface area contributed by atoms with Crippen LogP contribution in [0.25, 0.3) is 11.0 Å². The molecule has 2 amide bonds. The number of nitrogens with one attached hydrogen (secondary N) is 1. The van der Waals surface area contributed by atoms with Crippen LogP contribution in [0.15, 0.2) is 54.1 Å². The van der Waals surface area contributed by atoms with Gasteiger partial charge in [0, 0.05) is 18.3 Å². The molecule has 0 spiro atoms. The Morgan fingerprint density at radius 1 is 1.09 bits per heavy atom. The summed E-state index contributed by atoms with van der Waals surface area (Å²) >= 11 is 0. The zero-order valence-corrected chi connectivity index (χ0v) is 19.5. The molecular formula is C27H28N4O4. The number of anilines is 2. The first-order valence-electron chi connectivity index (χ1n) is 12.3. The molecule has 0 bridgehead atoms. The van der Waals surface area contributed by atoms with Gasteiger partial charge < -0.3 is 14.8 Å². The average molecular weight is 473 g/mol. The molecule has 0 radical (unpaired) electrons. The monoisotopic (exact) mass is 472 g/mol. The summed E-state index contributed by atoms with van der Waals surface area (Å²) in [5.74, 6) is 1.59. The number of para-hydroxylation sites is 2. The SMILES string of the molecule is O=C(C[C@H]1C(=O)N(CCC2=CCCCC2)c2nc3ccccc3n21)Nc1ccc2c(c1)OCCO2. The number of benzene rings is 2. The van der Waals surface area contributed by atoms with Crippen LogP contribution in [0.3, 0.4) is 0 Å². The van der Waals surface area contributed by atoms with Gasteiger partial charge in [-0.05, 0) is 56.4 Å². The van der Waals surface area contributed by atoms with Gasteiger partial charge in [-0.3, -0.25) is 19.1 Å². The summed E-state index contributed by atoms with van der Waals surface area (Å²) in [5, 5.41) is 2.92. The topological polar surface area (TPSA) is 85.7 Å². The van der Waals surface area contributed by atoms with Crippen LogP contribution in [0.1, 0.15) is 44.6 Å². The van der Waals surface area contributed by atoms with Crippen molar-refractivity contribution in [3.05, 3.63) is 54.1 Å². The quantitative estimate of drug-likeness (QED) is 0.530. The highest BCUT2D eigenvalue weighted by molar-refractivity contribution is 6.05. The molecule has 2 aromatic carbocycles. The summed E-state index contributed by atoms with van der Waals surface area (Å²) in [7, 11) is 0. The van der Waals surface area contributed by atoms with E-state index in [0.29, 0.717) is 42.9 Å². The molecule has 3 heterocycles. The zero-order chi connectivity index (χ0) is 23.8. The molecule has 0 saturated heterocycles. The fourth-order valence-corrected chi connectivity index (χ4v) is 5.20. The largest absolute Gasteiger partial charge is 0.486 e. The summed E-state index contributed by atoms with van der Waals surface area (Å²) in [6.45, 7) is 1.57. The standard InChI is InChI=1S/C27H28N4O4/c32-25(28-19-10-11-23-24(16-19)35-15-14-34-23)17-22-26(33)30(13-12-18-6-2-1-3-7-18)27-29-20-8-4-5-9-21(20)31(22)27/h4-6,8-11,16,22H,1-3,7,12-15,17H2,(H,28,32)/t22-/m0/s1. The van der Waals surface area contributed by atoms with Gasteiger partial charge in [0.05, 0.1) is 17.5 Å². The molecule has 8 nitrogen and oxygen atoms in total. The lowest BCUT2D eigenvalue weighted by atomic mass is 9.97. The van der Waals surface area contributed by atoms with E-state index in [4.69, 9.17) is 14.5 Å². The predicted octanol–water partition coefficient (Wildman–Crippen LogP) is 4.61. The zero-order valence-electron chi connectivity index (χ0n) is 19.5. The molecule has 3 aliphatic rings. The van der Waals surface area contributed by atoms with E-state index in [-0.39, 0.29) is 18.2 Å². The third-order valence-electron chi connectivity index (χ3n) is 6.93. The highest BCUT2D eigenvalue weighted by Gasteiger charge is 2.40. The van der Waals surface area contributed by atoms with E-state index in [9.17, 15) is 9.59 Å². The Labute approximate surface area is 203 Å². The average Bonchev–Trinajstić information content (AvgIpc) is 3.37. The molecule has 1 aromatic heterocycles. The van der Waals surface area contributed by atoms with Crippen LogP contribution in [0, 0.1) is 0 Å². The minimum absolute atomic E-state index is 0.0276. The first kappa shape index (κ1) is 21.7. The maximum Gasteiger partial charge on any atom is 0.253 e. The third-order valence-corrected chi connectivity index (χ3v) is 6.93. The van der Waals surface area contributed by atoms with Gasteiger partial charge in [-0.2, -0.15) is 0 Å². The number of ether oxygens (including phenoxy) is 2. The van der Waals surface area contributed by atoms with Crippen molar-refractivity contribution in [3.8, 4) is 11.5 Å². The van der Waals surface area contributed by atoms with Gasteiger partial charge in [0.15, 0.2) is 11.5 Å². The molecule has 1 atom stereocenters. The summed E-state index contributed by atoms with van der Waals surface area (Å²) in [5.41, 5.74) is 3.72. The first-order chi connectivity index (χ1) is 17.2. The Bertz CT molecular complexity index is 1330. The summed E-state index contributed by atoms with van der Waals surface area (Å²) < 4.78 is 13.1. The van der Waals surface area contributed by atoms with E-state index in [1.807, 2.05) is 28.8 Å². The van der Waals surface area contributed by atoms with Gasteiger partial charge in [-0.15, -0.1) is 0 Å². The molecule has 8 heteroatoms. The maximum atomic E-state index is 13.5. The number of rotatable bonds is 6. The second-order valence-electron chi connectivity index (χ2n) is 9.25. The van der Waals surface area contributed by atoms with Crippen molar-refractivity contribution in [1.82, 2.24) is 9.55 Å². The summed E-state index contributed by atoms with van der Waals surface area (Å²) in [6, 6.07) is 12.5. The lowest BCUT2D eigenvalue weighted by molar-refractivity contribution is -0.124. The Balaban J connectivity index is 1.23. The second kappa shape index (κ2) is 9.09. The number of amides is 2. The highest BCUT2D eigenvalue weighted by atomic mass is 16.6. The van der Waals surface area contributed by atoms with Crippen molar-refractivity contribution in [3.63, 3.8) is 0 Å². The van der Waals surface area contributed by atoms with Gasteiger partial charge in [-0.25, -0.2) is 4.98 Å². The van der Waals surface area contributed by atoms with Gasteiger partial charge >= 0.3 is 0 Å². The molecule has 6 rings (SSSR count). The maximum absolute atomic E-state index is 13.5. The Morgan fingerprint density at radius 3 is 2.80 bits per heavy atom. The number of carbonyl (C=O) groups is 2. The number of hydrogen-bond acceptors (Lipinski definition) is 5. The van der Waals surface area contributed by atoms with Gasteiger partial charge in [-0.1, -0.05) is 23.8 Å². The number of allylic oxidation sites excluding steroid dienone is 1. The minimum Gasteiger partial charge on any atom is -0.486 e. The first-order valence-corrected chi connectivity index (χ1v) is 12.3. The van der Waals surface area contributed by atoms with Crippen LogP contribution < -0.4 is 19.7 Å². The molecule has 180 valence electrons. The lowest BCUT2D eigenvalue weighted by Gasteiger charge is -2.19. The van der Waals surface area contributed by atoms with Crippen molar-refractivity contribution in [2.75, 3.05) is 30.0 Å². The fraction of sp³-hybridized carbons (Fsp3) is 0.370. The number of aromatic nitrogens is 2. The fourth-order valence-electron chi connectivity index (χ4n) is 5.20. The van der Waals surface area contributed by atoms with Crippen LogP contribution in [0.5, 0.6) is 11.5 Å². The molecule has 3 aromatic rings. The van der Waals surface area contributed by atoms with Crippen LogP contribution in [-0.4, -0.2) is 41.1 Å². The van der Waals surface area contributed by atoms with Gasteiger partial charge in [0.2, 0.25) is 11.9 Å². The van der Waals surface area contributed by atoms with E-state index >= 15 is 0 Å². The van der Waals surface area contributed by atoms with Crippen molar-refractivity contribution < 1.29 is 19.1 Å². The normalized spacial score (nSPS) is 19.0. The number of fused-ring (bicyclic) bond motifs is 4. The molecule has 1 aliphatic carbocycles. The van der Waals surface area contributed by atoms with Crippen molar-refractivity contribution in [2.45, 2.75) is 44.6 Å². The third kappa shape index (κ3) is 4.13. The van der Waals surface area contributed by atoms with Crippen LogP contribution in [0.2, 0.25) is 0 Å². The highest BCUT2D eigenvalue weighted by Crippen LogP contribution is 2.38. The van der Waals surface area contributed by atoms with E-state index < -0.39 is 6.04 Å². The van der Waals surface area contributed by atoms with Crippen LogP contribution >= 0.6 is 0 Å². The summed E-state index contributed by atoms with van der Waals surface area (Å²) in [6.07, 6.45) is 7.84. The minimum atomic E-state index is -0.630. The van der Waals surface area contributed by atoms with E-state index in [1.165, 1.54) is 18.4 Å². The van der Waals surface area contributed by atoms with Gasteiger partial charge in [0.25, 0.3) is 5.91 Å². The smallest absolute Gasteiger partial charge is 0.253 e. The van der Waals surface area contributed by atoms with Crippen molar-refractivity contribution in [1.29, 1.82) is 0 Å². The van der Waals surface area contributed by atoms with Crippen molar-refractivity contribution in [2.24, 2.45) is 0 Å². The molecule has 35 heavy (non-hydrogen) atoms. The molecule has 0 saturated carbocycles. The molecule has 0 fully saturated rings. The molecule has 0 unspecified atom stereocenters. The van der Waals surface area contributed by atoms with E-state index in [0.717, 1.165) is 30.3 Å². The second-order valence-corrected chi connectivity index (χ2v) is 9.25. The lowest BCUT2D eigenvalue weighted by Crippen LogP contribution is -2.32. The van der Waals surface area contributed by atoms with Crippen LogP contribution in [-0.2, 0) is 9.59 Å². The summed E-state index contributed by atoms with van der Waals surface area (Å²) in [4.78, 5) is 33.1. The predicted molar refractivity (Wildman–Crippen MR) is 133 cm³/mol. The number of imidazole rings is 1. The Kier molecular flexibility index (Phi) is 5.64. The number of carbonyl (C=O) groups excluding carboxylic acids is 2. The van der Waals surface area contributed by atoms with Crippen LogP contribution in [0.4, 0.5) is 11.6 Å². The molecular weight excluding hydrogens is 444 g/mol. The number of hydrogen-bond donors (Lipinski definition) is 1. The number of nitrogens with zero attached hydrogens (tertiary/aromatic N) is 3.